The Kier molecular flexibility index (Phi) is 9.12. The molecule has 2 aliphatic heterocycles. The van der Waals surface area contributed by atoms with Crippen molar-refractivity contribution in [2.24, 2.45) is 5.92 Å². The second kappa shape index (κ2) is 12.8. The van der Waals surface area contributed by atoms with Gasteiger partial charge in [-0.2, -0.15) is 8.42 Å². The van der Waals surface area contributed by atoms with Gasteiger partial charge < -0.3 is 25.3 Å². The fourth-order valence-corrected chi connectivity index (χ4v) is 6.01. The zero-order chi connectivity index (χ0) is 31.6. The van der Waals surface area contributed by atoms with E-state index in [0.717, 1.165) is 0 Å². The standard InChI is InChI=1S/C29H31F2N5O7S/c30-19-3-1-18(2-4-19)25(37)12-11-24-27(36(28(24)39)22-8-5-20(31)6-9-22)23-10-7-21(17-26(23)38)32-29(40)34-13-15-35(16-14-34)33-44(41,42)43/h1-10,17,24-25,27,33,37-38H,11-16H2,(H,32,40)(H,41,42,43). The fourth-order valence-electron chi connectivity index (χ4n) is 5.50. The second-order valence-electron chi connectivity index (χ2n) is 10.6. The van der Waals surface area contributed by atoms with E-state index in [2.05, 4.69) is 5.32 Å². The minimum Gasteiger partial charge on any atom is -0.508 e. The normalized spacial score (nSPS) is 19.9. The number of nitrogens with zero attached hydrogens (tertiary/aromatic N) is 3. The van der Waals surface area contributed by atoms with Crippen LogP contribution in [0.15, 0.2) is 66.7 Å². The number of phenolic OH excluding ortho intramolecular Hbond substituents is 1. The Bertz CT molecular complexity index is 1620. The van der Waals surface area contributed by atoms with Crippen molar-refractivity contribution < 1.29 is 41.6 Å². The van der Waals surface area contributed by atoms with Gasteiger partial charge in [0.2, 0.25) is 5.91 Å². The molecule has 234 valence electrons. The molecule has 3 aromatic carbocycles. The number of halogens is 2. The number of β-lactam (4-membered cyclic amide) rings is 1. The summed E-state index contributed by atoms with van der Waals surface area (Å²) in [5.41, 5.74) is 1.59. The molecule has 0 spiro atoms. The first-order valence-corrected chi connectivity index (χ1v) is 15.2. The zero-order valence-corrected chi connectivity index (χ0v) is 24.1. The number of hydrogen-bond acceptors (Lipinski definition) is 7. The van der Waals surface area contributed by atoms with Crippen molar-refractivity contribution in [2.75, 3.05) is 36.4 Å². The number of urea groups is 1. The van der Waals surface area contributed by atoms with E-state index in [1.807, 2.05) is 4.83 Å². The van der Waals surface area contributed by atoms with Gasteiger partial charge >= 0.3 is 16.3 Å². The summed E-state index contributed by atoms with van der Waals surface area (Å²) in [4.78, 5) is 31.0. The lowest BCUT2D eigenvalue weighted by atomic mass is 9.78. The topological polar surface area (TPSA) is 163 Å². The number of aromatic hydroxyl groups is 1. The Balaban J connectivity index is 1.30. The molecule has 0 aliphatic carbocycles. The van der Waals surface area contributed by atoms with Crippen LogP contribution in [0.25, 0.3) is 0 Å². The van der Waals surface area contributed by atoms with Gasteiger partial charge in [-0.1, -0.05) is 18.2 Å². The van der Waals surface area contributed by atoms with Crippen molar-refractivity contribution in [1.29, 1.82) is 0 Å². The summed E-state index contributed by atoms with van der Waals surface area (Å²) in [6, 6.07) is 14.2. The molecule has 15 heteroatoms. The number of piperazine rings is 1. The summed E-state index contributed by atoms with van der Waals surface area (Å²) in [6.45, 7) is 0.620. The highest BCUT2D eigenvalue weighted by molar-refractivity contribution is 7.83. The smallest absolute Gasteiger partial charge is 0.346 e. The first kappa shape index (κ1) is 31.3. The minimum absolute atomic E-state index is 0.142. The maximum atomic E-state index is 13.6. The number of nitrogens with one attached hydrogen (secondary N) is 2. The maximum Gasteiger partial charge on any atom is 0.346 e. The number of carbonyl (C=O) groups is 2. The molecule has 12 nitrogen and oxygen atoms in total. The molecule has 3 aromatic rings. The largest absolute Gasteiger partial charge is 0.508 e. The maximum absolute atomic E-state index is 13.6. The number of anilines is 2. The highest BCUT2D eigenvalue weighted by Crippen LogP contribution is 2.49. The minimum atomic E-state index is -4.41. The quantitative estimate of drug-likeness (QED) is 0.177. The Morgan fingerprint density at radius 1 is 0.955 bits per heavy atom. The van der Waals surface area contributed by atoms with Gasteiger partial charge in [-0.3, -0.25) is 9.35 Å². The van der Waals surface area contributed by atoms with Crippen LogP contribution >= 0.6 is 0 Å². The van der Waals surface area contributed by atoms with E-state index >= 15 is 0 Å². The summed E-state index contributed by atoms with van der Waals surface area (Å²) in [7, 11) is -4.41. The third kappa shape index (κ3) is 7.14. The van der Waals surface area contributed by atoms with E-state index in [-0.39, 0.29) is 56.4 Å². The van der Waals surface area contributed by atoms with Crippen LogP contribution in [0, 0.1) is 17.6 Å². The van der Waals surface area contributed by atoms with Crippen LogP contribution in [0.5, 0.6) is 5.75 Å². The van der Waals surface area contributed by atoms with Crippen LogP contribution in [0.2, 0.25) is 0 Å². The Hall–Kier alpha value is -4.15. The molecule has 0 aromatic heterocycles. The summed E-state index contributed by atoms with van der Waals surface area (Å²) < 4.78 is 57.9. The molecule has 0 radical (unpaired) electrons. The molecule has 3 unspecified atom stereocenters. The first-order valence-electron chi connectivity index (χ1n) is 13.8. The van der Waals surface area contributed by atoms with Gasteiger partial charge in [-0.05, 0) is 60.9 Å². The molecule has 2 heterocycles. The molecule has 3 atom stereocenters. The van der Waals surface area contributed by atoms with Crippen LogP contribution in [0.4, 0.5) is 25.0 Å². The number of benzene rings is 3. The highest BCUT2D eigenvalue weighted by Gasteiger charge is 2.49. The van der Waals surface area contributed by atoms with Gasteiger partial charge in [0, 0.05) is 49.2 Å². The number of aliphatic hydroxyl groups is 1. The van der Waals surface area contributed by atoms with Gasteiger partial charge in [0.25, 0.3) is 0 Å². The average Bonchev–Trinajstić information content (AvgIpc) is 2.97. The molecule has 3 amide bonds. The predicted molar refractivity (Wildman–Crippen MR) is 156 cm³/mol. The Morgan fingerprint density at radius 3 is 2.16 bits per heavy atom. The van der Waals surface area contributed by atoms with Crippen LogP contribution in [0.3, 0.4) is 0 Å². The lowest BCUT2D eigenvalue weighted by molar-refractivity contribution is -0.131. The van der Waals surface area contributed by atoms with Crippen molar-refractivity contribution >= 4 is 33.6 Å². The second-order valence-corrected chi connectivity index (χ2v) is 11.8. The van der Waals surface area contributed by atoms with Crippen LogP contribution in [-0.2, 0) is 15.1 Å². The lowest BCUT2D eigenvalue weighted by Crippen LogP contribution is -2.55. The molecule has 0 bridgehead atoms. The Labute approximate surface area is 252 Å². The van der Waals surface area contributed by atoms with E-state index in [0.29, 0.717) is 16.8 Å². The number of aliphatic hydroxyl groups excluding tert-OH is 1. The third-order valence-corrected chi connectivity index (χ3v) is 8.23. The summed E-state index contributed by atoms with van der Waals surface area (Å²) in [5, 5.41) is 25.7. The highest BCUT2D eigenvalue weighted by atomic mass is 32.2. The van der Waals surface area contributed by atoms with Gasteiger partial charge in [0.15, 0.2) is 0 Å². The van der Waals surface area contributed by atoms with Crippen molar-refractivity contribution in [3.8, 4) is 5.75 Å². The summed E-state index contributed by atoms with van der Waals surface area (Å²) in [6.07, 6.45) is -0.505. The van der Waals surface area contributed by atoms with Gasteiger partial charge in [-0.25, -0.2) is 18.6 Å². The number of amides is 3. The number of hydrazine groups is 1. The van der Waals surface area contributed by atoms with Crippen LogP contribution in [0.1, 0.15) is 36.1 Å². The average molecular weight is 632 g/mol. The molecule has 2 saturated heterocycles. The summed E-state index contributed by atoms with van der Waals surface area (Å²) in [5.74, 6) is -2.01. The molecule has 0 saturated carbocycles. The number of phenols is 1. The summed E-state index contributed by atoms with van der Waals surface area (Å²) >= 11 is 0. The van der Waals surface area contributed by atoms with E-state index < -0.39 is 46.0 Å². The molecule has 5 rings (SSSR count). The number of hydrogen-bond donors (Lipinski definition) is 5. The lowest BCUT2D eigenvalue weighted by Gasteiger charge is -2.48. The Morgan fingerprint density at radius 2 is 1.57 bits per heavy atom. The zero-order valence-electron chi connectivity index (χ0n) is 23.3. The van der Waals surface area contributed by atoms with Crippen molar-refractivity contribution in [1.82, 2.24) is 14.7 Å². The third-order valence-electron chi connectivity index (χ3n) is 7.74. The van der Waals surface area contributed by atoms with Crippen LogP contribution < -0.4 is 15.0 Å². The fraction of sp³-hybridized carbons (Fsp3) is 0.310. The van der Waals surface area contributed by atoms with Gasteiger partial charge in [0.1, 0.15) is 17.4 Å². The van der Waals surface area contributed by atoms with E-state index in [4.69, 9.17) is 4.55 Å². The first-order chi connectivity index (χ1) is 20.9. The van der Waals surface area contributed by atoms with Crippen molar-refractivity contribution in [2.45, 2.75) is 25.0 Å². The molecule has 2 fully saturated rings. The van der Waals surface area contributed by atoms with Gasteiger partial charge in [0.05, 0.1) is 18.1 Å². The molecular formula is C29H31F2N5O7S. The molecular weight excluding hydrogens is 600 g/mol. The van der Waals surface area contributed by atoms with Crippen molar-refractivity contribution in [3.05, 3.63) is 89.5 Å². The molecule has 5 N–H and O–H groups in total. The van der Waals surface area contributed by atoms with Gasteiger partial charge in [-0.15, -0.1) is 4.83 Å². The molecule has 2 aliphatic rings. The predicted octanol–water partition coefficient (Wildman–Crippen LogP) is 3.35. The number of rotatable bonds is 9. The van der Waals surface area contributed by atoms with E-state index in [9.17, 15) is 37.0 Å². The van der Waals surface area contributed by atoms with Crippen molar-refractivity contribution in [3.63, 3.8) is 0 Å². The molecule has 44 heavy (non-hydrogen) atoms. The monoisotopic (exact) mass is 631 g/mol. The number of carbonyl (C=O) groups excluding carboxylic acids is 2. The van der Waals surface area contributed by atoms with E-state index in [1.54, 1.807) is 12.1 Å². The van der Waals surface area contributed by atoms with Crippen LogP contribution in [-0.4, -0.2) is 71.2 Å². The SMILES string of the molecule is O=C(Nc1ccc(C2C(CCC(O)c3ccc(F)cc3)C(=O)N2c2ccc(F)cc2)c(O)c1)N1CCN(NS(=O)(=O)O)CC1. The van der Waals surface area contributed by atoms with E-state index in [1.165, 1.54) is 69.4 Å².